The average Bonchev–Trinajstić information content (AvgIpc) is 2.25. The van der Waals surface area contributed by atoms with Crippen LogP contribution in [0.2, 0.25) is 0 Å². The highest BCUT2D eigenvalue weighted by molar-refractivity contribution is 5.96. The summed E-state index contributed by atoms with van der Waals surface area (Å²) in [5, 5.41) is 8.52. The van der Waals surface area contributed by atoms with E-state index in [9.17, 15) is 9.59 Å². The van der Waals surface area contributed by atoms with Gasteiger partial charge in [-0.05, 0) is 54.4 Å². The number of Topliss-reactive ketones (excluding diaryl/α,β-unsaturated/α-hetero) is 1. The molecule has 0 radical (unpaired) electrons. The van der Waals surface area contributed by atoms with E-state index in [0.29, 0.717) is 13.2 Å². The Hall–Kier alpha value is -0.940. The zero-order chi connectivity index (χ0) is 16.7. The Kier molecular flexibility index (Phi) is 8.11. The molecule has 1 aliphatic rings. The minimum Gasteiger partial charge on any atom is -0.460 e. The van der Waals surface area contributed by atoms with Crippen LogP contribution in [-0.4, -0.2) is 41.3 Å². The lowest BCUT2D eigenvalue weighted by molar-refractivity contribution is -0.157. The Morgan fingerprint density at radius 1 is 1.10 bits per heavy atom. The second-order valence-electron chi connectivity index (χ2n) is 7.29. The van der Waals surface area contributed by atoms with Crippen LogP contribution in [0.25, 0.3) is 0 Å². The average molecular weight is 302 g/mol. The maximum absolute atomic E-state index is 11.7. The van der Waals surface area contributed by atoms with Crippen LogP contribution < -0.4 is 0 Å². The zero-order valence-electron chi connectivity index (χ0n) is 14.2. The summed E-state index contributed by atoms with van der Waals surface area (Å²) in [6.07, 6.45) is 1.34. The van der Waals surface area contributed by atoms with Crippen molar-refractivity contribution in [1.82, 2.24) is 0 Å². The molecule has 124 valence electrons. The lowest BCUT2D eigenvalue weighted by Crippen LogP contribution is -2.29. The molecule has 1 aliphatic heterocycles. The molecule has 0 aromatic heterocycles. The van der Waals surface area contributed by atoms with E-state index >= 15 is 0 Å². The molecular formula is C16H30O5. The molecule has 0 unspecified atom stereocenters. The van der Waals surface area contributed by atoms with Gasteiger partial charge in [-0.1, -0.05) is 0 Å². The number of aliphatic hydroxyl groups is 1. The van der Waals surface area contributed by atoms with Crippen LogP contribution in [0.1, 0.15) is 60.8 Å². The highest BCUT2D eigenvalue weighted by atomic mass is 16.6. The molecule has 0 bridgehead atoms. The minimum atomic E-state index is -0.521. The summed E-state index contributed by atoms with van der Waals surface area (Å²) in [5.41, 5.74) is -1.02. The predicted octanol–water partition coefficient (Wildman–Crippen LogP) is 2.49. The topological polar surface area (TPSA) is 72.8 Å². The molecule has 0 spiro atoms. The number of rotatable bonds is 3. The van der Waals surface area contributed by atoms with E-state index < -0.39 is 17.2 Å². The van der Waals surface area contributed by atoms with Crippen molar-refractivity contribution in [2.75, 3.05) is 13.2 Å². The van der Waals surface area contributed by atoms with E-state index in [4.69, 9.17) is 14.6 Å². The highest BCUT2D eigenvalue weighted by Gasteiger charge is 2.25. The summed E-state index contributed by atoms with van der Waals surface area (Å²) in [7, 11) is 0. The zero-order valence-corrected chi connectivity index (χ0v) is 14.2. The Labute approximate surface area is 128 Å². The van der Waals surface area contributed by atoms with Gasteiger partial charge in [0.2, 0.25) is 0 Å². The normalized spacial score (nSPS) is 16.7. The van der Waals surface area contributed by atoms with Crippen LogP contribution in [-0.2, 0) is 19.1 Å². The van der Waals surface area contributed by atoms with Crippen LogP contribution >= 0.6 is 0 Å². The number of ketones is 1. The summed E-state index contributed by atoms with van der Waals surface area (Å²) in [6, 6.07) is 0. The maximum Gasteiger partial charge on any atom is 0.313 e. The smallest absolute Gasteiger partial charge is 0.313 e. The monoisotopic (exact) mass is 302 g/mol. The van der Waals surface area contributed by atoms with Crippen molar-refractivity contribution in [3.8, 4) is 0 Å². The molecule has 0 atom stereocenters. The van der Waals surface area contributed by atoms with E-state index in [1.54, 1.807) is 41.5 Å². The first-order chi connectivity index (χ1) is 9.38. The van der Waals surface area contributed by atoms with Gasteiger partial charge in [0.05, 0.1) is 5.60 Å². The third kappa shape index (κ3) is 13.8. The van der Waals surface area contributed by atoms with E-state index in [2.05, 4.69) is 0 Å². The second kappa shape index (κ2) is 8.49. The fourth-order valence-corrected chi connectivity index (χ4v) is 1.68. The Balaban J connectivity index is 0.000000690. The number of carbonyl (C=O) groups is 2. The molecule has 1 saturated heterocycles. The summed E-state index contributed by atoms with van der Waals surface area (Å²) >= 11 is 0. The summed E-state index contributed by atoms with van der Waals surface area (Å²) in [5.74, 6) is -0.470. The quantitative estimate of drug-likeness (QED) is 0.640. The molecule has 5 heteroatoms. The van der Waals surface area contributed by atoms with Gasteiger partial charge in [-0.2, -0.15) is 0 Å². The van der Waals surface area contributed by atoms with Crippen molar-refractivity contribution in [2.45, 2.75) is 72.0 Å². The van der Waals surface area contributed by atoms with E-state index in [1.807, 2.05) is 0 Å². The third-order valence-corrected chi connectivity index (χ3v) is 2.42. The lowest BCUT2D eigenvalue weighted by Gasteiger charge is -2.22. The lowest BCUT2D eigenvalue weighted by atomic mass is 9.93. The van der Waals surface area contributed by atoms with E-state index in [0.717, 1.165) is 12.8 Å². The standard InChI is InChI=1S/C12H20O4.C4H10O/c1-12(2,3)16-11(14)8-10(13)9-4-6-15-7-5-9;1-4(2,3)5/h9H,4-8H2,1-3H3;5H,1-3H3. The maximum atomic E-state index is 11.7. The molecule has 5 nitrogen and oxygen atoms in total. The van der Waals surface area contributed by atoms with Gasteiger partial charge < -0.3 is 14.6 Å². The molecule has 0 amide bonds. The van der Waals surface area contributed by atoms with E-state index in [1.165, 1.54) is 0 Å². The second-order valence-corrected chi connectivity index (χ2v) is 7.29. The first kappa shape index (κ1) is 20.1. The van der Waals surface area contributed by atoms with Gasteiger partial charge in [0.15, 0.2) is 0 Å². The SMILES string of the molecule is CC(C)(C)O.CC(C)(C)OC(=O)CC(=O)C1CCOCC1. The van der Waals surface area contributed by atoms with Crippen molar-refractivity contribution in [2.24, 2.45) is 5.92 Å². The molecule has 0 aliphatic carbocycles. The summed E-state index contributed by atoms with van der Waals surface area (Å²) < 4.78 is 10.3. The molecule has 0 saturated carbocycles. The van der Waals surface area contributed by atoms with Crippen LogP contribution in [0, 0.1) is 5.92 Å². The Morgan fingerprint density at radius 2 is 1.52 bits per heavy atom. The van der Waals surface area contributed by atoms with Crippen LogP contribution in [0.5, 0.6) is 0 Å². The van der Waals surface area contributed by atoms with Gasteiger partial charge in [-0.15, -0.1) is 0 Å². The van der Waals surface area contributed by atoms with Crippen molar-refractivity contribution in [3.05, 3.63) is 0 Å². The largest absolute Gasteiger partial charge is 0.460 e. The van der Waals surface area contributed by atoms with Gasteiger partial charge in [0.25, 0.3) is 0 Å². The number of hydrogen-bond acceptors (Lipinski definition) is 5. The predicted molar refractivity (Wildman–Crippen MR) is 81.0 cm³/mol. The van der Waals surface area contributed by atoms with Crippen molar-refractivity contribution < 1.29 is 24.2 Å². The Bertz CT molecular complexity index is 324. The van der Waals surface area contributed by atoms with E-state index in [-0.39, 0.29) is 18.1 Å². The summed E-state index contributed by atoms with van der Waals surface area (Å²) in [4.78, 5) is 23.2. The molecule has 0 aromatic rings. The van der Waals surface area contributed by atoms with Gasteiger partial charge in [0, 0.05) is 19.1 Å². The molecule has 1 fully saturated rings. The fourth-order valence-electron chi connectivity index (χ4n) is 1.68. The van der Waals surface area contributed by atoms with Gasteiger partial charge in [-0.3, -0.25) is 9.59 Å². The highest BCUT2D eigenvalue weighted by Crippen LogP contribution is 2.18. The van der Waals surface area contributed by atoms with Crippen molar-refractivity contribution in [1.29, 1.82) is 0 Å². The number of carbonyl (C=O) groups excluding carboxylic acids is 2. The number of esters is 1. The molecule has 1 rings (SSSR count). The van der Waals surface area contributed by atoms with Gasteiger partial charge in [-0.25, -0.2) is 0 Å². The first-order valence-electron chi connectivity index (χ1n) is 7.43. The Morgan fingerprint density at radius 3 is 1.90 bits per heavy atom. The van der Waals surface area contributed by atoms with Gasteiger partial charge >= 0.3 is 5.97 Å². The van der Waals surface area contributed by atoms with Crippen molar-refractivity contribution >= 4 is 11.8 Å². The fraction of sp³-hybridized carbons (Fsp3) is 0.875. The van der Waals surface area contributed by atoms with Crippen molar-refractivity contribution in [3.63, 3.8) is 0 Å². The summed E-state index contributed by atoms with van der Waals surface area (Å²) in [6.45, 7) is 11.8. The first-order valence-corrected chi connectivity index (χ1v) is 7.43. The molecule has 1 heterocycles. The third-order valence-electron chi connectivity index (χ3n) is 2.42. The minimum absolute atomic E-state index is 0.0162. The number of ether oxygens (including phenoxy) is 2. The molecule has 1 N–H and O–H groups in total. The molecule has 21 heavy (non-hydrogen) atoms. The van der Waals surface area contributed by atoms with Gasteiger partial charge in [0.1, 0.15) is 17.8 Å². The van der Waals surface area contributed by atoms with Crippen LogP contribution in [0.4, 0.5) is 0 Å². The number of hydrogen-bond donors (Lipinski definition) is 1. The molecule has 0 aromatic carbocycles. The van der Waals surface area contributed by atoms with Crippen LogP contribution in [0.15, 0.2) is 0 Å². The van der Waals surface area contributed by atoms with Crippen LogP contribution in [0.3, 0.4) is 0 Å². The molecular weight excluding hydrogens is 272 g/mol.